The zero-order chi connectivity index (χ0) is 16.4. The second-order valence-corrected chi connectivity index (χ2v) is 8.88. The lowest BCUT2D eigenvalue weighted by atomic mass is 9.99. The van der Waals surface area contributed by atoms with Crippen molar-refractivity contribution in [2.75, 3.05) is 32.4 Å². The third-order valence-corrected chi connectivity index (χ3v) is 6.09. The van der Waals surface area contributed by atoms with Gasteiger partial charge in [-0.15, -0.1) is 0 Å². The molecule has 0 aliphatic carbocycles. The van der Waals surface area contributed by atoms with Crippen LogP contribution in [0.1, 0.15) is 38.5 Å². The van der Waals surface area contributed by atoms with Crippen molar-refractivity contribution in [3.05, 3.63) is 0 Å². The zero-order valence-electron chi connectivity index (χ0n) is 13.8. The standard InChI is InChI=1S/C15H28N4O3S/c1-23(21,22)17-12-5-9-19(10-6-12)15(20)16-13-7-11-18-8-3-2-4-14(13)18/h12-14,17H,2-11H2,1H3,(H,16,20)/t13-,14-/m1/s1. The average Bonchev–Trinajstić information content (AvgIpc) is 2.90. The van der Waals surface area contributed by atoms with Crippen molar-refractivity contribution in [3.63, 3.8) is 0 Å². The quantitative estimate of drug-likeness (QED) is 0.773. The molecule has 0 aromatic heterocycles. The number of carbonyl (C=O) groups excluding carboxylic acids is 1. The van der Waals surface area contributed by atoms with Gasteiger partial charge in [-0.25, -0.2) is 17.9 Å². The number of fused-ring (bicyclic) bond motifs is 1. The molecule has 3 fully saturated rings. The average molecular weight is 344 g/mol. The van der Waals surface area contributed by atoms with Crippen molar-refractivity contribution >= 4 is 16.1 Å². The number of sulfonamides is 1. The maximum Gasteiger partial charge on any atom is 0.317 e. The van der Waals surface area contributed by atoms with Gasteiger partial charge >= 0.3 is 6.03 Å². The van der Waals surface area contributed by atoms with Gasteiger partial charge in [-0.3, -0.25) is 4.90 Å². The fourth-order valence-electron chi connectivity index (χ4n) is 4.17. The number of hydrogen-bond acceptors (Lipinski definition) is 4. The van der Waals surface area contributed by atoms with E-state index in [-0.39, 0.29) is 18.1 Å². The molecule has 3 saturated heterocycles. The van der Waals surface area contributed by atoms with Crippen molar-refractivity contribution in [2.45, 2.75) is 56.7 Å². The Hall–Kier alpha value is -0.860. The summed E-state index contributed by atoms with van der Waals surface area (Å²) in [5.41, 5.74) is 0. The Bertz CT molecular complexity index is 531. The minimum atomic E-state index is -3.17. The van der Waals surface area contributed by atoms with E-state index < -0.39 is 10.0 Å². The first-order chi connectivity index (χ1) is 10.9. The molecule has 3 heterocycles. The molecular formula is C15H28N4O3S. The number of nitrogens with zero attached hydrogens (tertiary/aromatic N) is 2. The van der Waals surface area contributed by atoms with E-state index in [1.54, 1.807) is 0 Å². The fraction of sp³-hybridized carbons (Fsp3) is 0.933. The van der Waals surface area contributed by atoms with E-state index in [0.29, 0.717) is 32.0 Å². The Morgan fingerprint density at radius 3 is 2.43 bits per heavy atom. The molecule has 132 valence electrons. The minimum absolute atomic E-state index is 0.0141. The summed E-state index contributed by atoms with van der Waals surface area (Å²) in [6, 6.07) is 0.751. The van der Waals surface area contributed by atoms with E-state index in [0.717, 1.165) is 13.0 Å². The van der Waals surface area contributed by atoms with Gasteiger partial charge in [0.25, 0.3) is 0 Å². The normalized spacial score (nSPS) is 30.2. The van der Waals surface area contributed by atoms with E-state index in [9.17, 15) is 13.2 Å². The van der Waals surface area contributed by atoms with Crippen LogP contribution < -0.4 is 10.0 Å². The maximum atomic E-state index is 12.5. The highest BCUT2D eigenvalue weighted by molar-refractivity contribution is 7.88. The number of hydrogen-bond donors (Lipinski definition) is 2. The smallest absolute Gasteiger partial charge is 0.317 e. The van der Waals surface area contributed by atoms with Crippen LogP contribution in [0.4, 0.5) is 4.79 Å². The number of urea groups is 1. The van der Waals surface area contributed by atoms with E-state index >= 15 is 0 Å². The van der Waals surface area contributed by atoms with Gasteiger partial charge in [-0.05, 0) is 38.6 Å². The Balaban J connectivity index is 1.46. The van der Waals surface area contributed by atoms with Gasteiger partial charge in [0.1, 0.15) is 0 Å². The molecule has 0 aromatic rings. The molecular weight excluding hydrogens is 316 g/mol. The largest absolute Gasteiger partial charge is 0.334 e. The van der Waals surface area contributed by atoms with Gasteiger partial charge in [-0.2, -0.15) is 0 Å². The second-order valence-electron chi connectivity index (χ2n) is 7.10. The lowest BCUT2D eigenvalue weighted by molar-refractivity contribution is 0.159. The summed E-state index contributed by atoms with van der Waals surface area (Å²) in [5, 5.41) is 3.22. The maximum absolute atomic E-state index is 12.5. The molecule has 8 heteroatoms. The number of nitrogens with one attached hydrogen (secondary N) is 2. The molecule has 2 atom stereocenters. The summed E-state index contributed by atoms with van der Waals surface area (Å²) in [6.07, 6.45) is 7.31. The summed E-state index contributed by atoms with van der Waals surface area (Å²) in [4.78, 5) is 16.8. The first kappa shape index (κ1) is 17.0. The molecule has 3 rings (SSSR count). The zero-order valence-corrected chi connectivity index (χ0v) is 14.6. The first-order valence-corrected chi connectivity index (χ1v) is 10.6. The summed E-state index contributed by atoms with van der Waals surface area (Å²) < 4.78 is 25.2. The molecule has 3 aliphatic heterocycles. The SMILES string of the molecule is CS(=O)(=O)NC1CCN(C(=O)N[C@@H]2CCN3CCCC[C@H]23)CC1. The Morgan fingerprint density at radius 1 is 1.00 bits per heavy atom. The van der Waals surface area contributed by atoms with Crippen LogP contribution >= 0.6 is 0 Å². The van der Waals surface area contributed by atoms with Crippen molar-refractivity contribution in [1.82, 2.24) is 19.8 Å². The topological polar surface area (TPSA) is 81.8 Å². The van der Waals surface area contributed by atoms with Gasteiger partial charge in [0.2, 0.25) is 10.0 Å². The Labute approximate surface area is 138 Å². The summed E-state index contributed by atoms with van der Waals surface area (Å²) in [6.45, 7) is 3.48. The summed E-state index contributed by atoms with van der Waals surface area (Å²) in [5.74, 6) is 0. The molecule has 0 aromatic carbocycles. The lowest BCUT2D eigenvalue weighted by Crippen LogP contribution is -2.53. The van der Waals surface area contributed by atoms with Crippen LogP contribution in [0.25, 0.3) is 0 Å². The molecule has 2 amide bonds. The van der Waals surface area contributed by atoms with Crippen LogP contribution in [0.3, 0.4) is 0 Å². The summed E-state index contributed by atoms with van der Waals surface area (Å²) >= 11 is 0. The number of amides is 2. The third-order valence-electron chi connectivity index (χ3n) is 5.33. The monoisotopic (exact) mass is 344 g/mol. The van der Waals surface area contributed by atoms with Crippen LogP contribution in [0.5, 0.6) is 0 Å². The Kier molecular flexibility index (Phi) is 5.13. The number of carbonyl (C=O) groups is 1. The van der Waals surface area contributed by atoms with E-state index in [1.165, 1.54) is 32.1 Å². The molecule has 0 saturated carbocycles. The highest BCUT2D eigenvalue weighted by Crippen LogP contribution is 2.27. The van der Waals surface area contributed by atoms with Crippen molar-refractivity contribution in [1.29, 1.82) is 0 Å². The van der Waals surface area contributed by atoms with Gasteiger partial charge < -0.3 is 10.2 Å². The van der Waals surface area contributed by atoms with Gasteiger partial charge in [0.15, 0.2) is 0 Å². The number of rotatable bonds is 3. The van der Waals surface area contributed by atoms with Crippen LogP contribution in [-0.4, -0.2) is 74.8 Å². The Morgan fingerprint density at radius 2 is 1.74 bits per heavy atom. The van der Waals surface area contributed by atoms with Gasteiger partial charge in [0, 0.05) is 37.8 Å². The highest BCUT2D eigenvalue weighted by atomic mass is 32.2. The van der Waals surface area contributed by atoms with E-state index in [2.05, 4.69) is 14.9 Å². The molecule has 2 N–H and O–H groups in total. The predicted octanol–water partition coefficient (Wildman–Crippen LogP) is 0.336. The van der Waals surface area contributed by atoms with E-state index in [4.69, 9.17) is 0 Å². The molecule has 23 heavy (non-hydrogen) atoms. The van der Waals surface area contributed by atoms with Crippen LogP contribution in [0, 0.1) is 0 Å². The summed E-state index contributed by atoms with van der Waals surface area (Å²) in [7, 11) is -3.17. The molecule has 0 bridgehead atoms. The fourth-order valence-corrected chi connectivity index (χ4v) is 5.01. The van der Waals surface area contributed by atoms with Crippen LogP contribution in [0.15, 0.2) is 0 Å². The molecule has 0 radical (unpaired) electrons. The minimum Gasteiger partial charge on any atom is -0.334 e. The number of likely N-dealkylation sites (tertiary alicyclic amines) is 1. The molecule has 7 nitrogen and oxygen atoms in total. The van der Waals surface area contributed by atoms with Crippen molar-refractivity contribution < 1.29 is 13.2 Å². The number of piperidine rings is 2. The van der Waals surface area contributed by atoms with Crippen molar-refractivity contribution in [2.24, 2.45) is 0 Å². The van der Waals surface area contributed by atoms with Crippen molar-refractivity contribution in [3.8, 4) is 0 Å². The van der Waals surface area contributed by atoms with Gasteiger partial charge in [0.05, 0.1) is 6.26 Å². The lowest BCUT2D eigenvalue weighted by Gasteiger charge is -2.35. The van der Waals surface area contributed by atoms with Crippen LogP contribution in [0.2, 0.25) is 0 Å². The molecule has 0 spiro atoms. The van der Waals surface area contributed by atoms with E-state index in [1.807, 2.05) is 4.90 Å². The van der Waals surface area contributed by atoms with Crippen LogP contribution in [-0.2, 0) is 10.0 Å². The second kappa shape index (κ2) is 6.94. The third kappa shape index (κ3) is 4.36. The van der Waals surface area contributed by atoms with Gasteiger partial charge in [-0.1, -0.05) is 6.42 Å². The molecule has 3 aliphatic rings. The molecule has 0 unspecified atom stereocenters. The first-order valence-electron chi connectivity index (χ1n) is 8.69. The highest BCUT2D eigenvalue weighted by Gasteiger charge is 2.37. The predicted molar refractivity (Wildman–Crippen MR) is 88.7 cm³/mol.